The highest BCUT2D eigenvalue weighted by Gasteiger charge is 2.39. The van der Waals surface area contributed by atoms with E-state index in [2.05, 4.69) is 27.9 Å². The van der Waals surface area contributed by atoms with E-state index in [4.69, 9.17) is 8.53 Å². The molecule has 0 N–H and O–H groups in total. The number of anilines is 2. The average Bonchev–Trinajstić information content (AvgIpc) is 3.15. The van der Waals surface area contributed by atoms with E-state index in [1.807, 2.05) is 56.4 Å². The summed E-state index contributed by atoms with van der Waals surface area (Å²) in [6, 6.07) is 15.7. The van der Waals surface area contributed by atoms with Gasteiger partial charge in [-0.2, -0.15) is 0 Å². The SMILES string of the molecule is [2H]C([2H])([2H])N1c2ccccc2N(B2C=c3oc4ccccc4c3=CN2C)[C@H]1C. The molecule has 1 aromatic heterocycles. The lowest BCUT2D eigenvalue weighted by Crippen LogP contribution is -2.56. The van der Waals surface area contributed by atoms with Gasteiger partial charge in [0.2, 0.25) is 0 Å². The van der Waals surface area contributed by atoms with Gasteiger partial charge in [0.1, 0.15) is 11.0 Å². The van der Waals surface area contributed by atoms with Crippen LogP contribution in [0.15, 0.2) is 52.9 Å². The van der Waals surface area contributed by atoms with Gasteiger partial charge >= 0.3 is 6.98 Å². The number of furan rings is 1. The van der Waals surface area contributed by atoms with E-state index in [-0.39, 0.29) is 13.1 Å². The van der Waals surface area contributed by atoms with E-state index in [0.717, 1.165) is 33.0 Å². The first-order chi connectivity index (χ1) is 13.4. The highest BCUT2D eigenvalue weighted by Crippen LogP contribution is 2.39. The molecule has 0 bridgehead atoms. The number of benzene rings is 2. The molecule has 5 rings (SSSR count). The summed E-state index contributed by atoms with van der Waals surface area (Å²) in [4.78, 5) is 5.76. The second-order valence-electron chi connectivity index (χ2n) is 6.65. The van der Waals surface area contributed by atoms with E-state index < -0.39 is 6.98 Å². The summed E-state index contributed by atoms with van der Waals surface area (Å²) in [5.74, 6) is 2.08. The van der Waals surface area contributed by atoms with E-state index in [0.29, 0.717) is 0 Å². The normalized spacial score (nSPS) is 21.2. The predicted octanol–water partition coefficient (Wildman–Crippen LogP) is 2.23. The predicted molar refractivity (Wildman–Crippen MR) is 105 cm³/mol. The van der Waals surface area contributed by atoms with Gasteiger partial charge in [0.05, 0.1) is 17.5 Å². The van der Waals surface area contributed by atoms with E-state index in [1.54, 1.807) is 0 Å². The van der Waals surface area contributed by atoms with Crippen LogP contribution in [0.25, 0.3) is 23.1 Å². The van der Waals surface area contributed by atoms with Crippen LogP contribution in [0.2, 0.25) is 0 Å². The summed E-state index contributed by atoms with van der Waals surface area (Å²) in [6.45, 7) is -0.440. The van der Waals surface area contributed by atoms with Crippen molar-refractivity contribution in [2.45, 2.75) is 13.1 Å². The highest BCUT2D eigenvalue weighted by atomic mass is 16.3. The number of fused-ring (bicyclic) bond motifs is 4. The molecule has 0 aliphatic carbocycles. The summed E-state index contributed by atoms with van der Waals surface area (Å²) in [5, 5.41) is 2.14. The molecule has 3 heterocycles. The molecule has 2 aromatic carbocycles. The summed E-state index contributed by atoms with van der Waals surface area (Å²) >= 11 is 0. The van der Waals surface area contributed by atoms with Gasteiger partial charge < -0.3 is 18.9 Å². The van der Waals surface area contributed by atoms with Gasteiger partial charge in [-0.3, -0.25) is 0 Å². The second kappa shape index (κ2) is 5.09. The maximum absolute atomic E-state index is 8.02. The molecular formula is C20H20BN3O. The summed E-state index contributed by atoms with van der Waals surface area (Å²) in [5.41, 5.74) is 3.31. The van der Waals surface area contributed by atoms with E-state index in [1.165, 1.54) is 4.90 Å². The third-order valence-corrected chi connectivity index (χ3v) is 5.19. The molecule has 124 valence electrons. The van der Waals surface area contributed by atoms with Crippen LogP contribution in [-0.2, 0) is 0 Å². The Balaban J connectivity index is 1.67. The molecule has 0 amide bonds. The maximum Gasteiger partial charge on any atom is 0.408 e. The standard InChI is InChI=1S/C20H20BN3O/c1-14-23(3)17-9-5-6-10-18(17)24(14)21-12-20-16(13-22(21)2)15-8-4-7-11-19(15)25-20/h4-14H,1-3H3/t14-/m0/s1/i3D3. The number of nitrogens with zero attached hydrogens (tertiary/aromatic N) is 3. The van der Waals surface area contributed by atoms with Gasteiger partial charge in [0.15, 0.2) is 0 Å². The first-order valence-corrected chi connectivity index (χ1v) is 8.46. The first-order valence-electron chi connectivity index (χ1n) is 9.96. The number of hydrogen-bond donors (Lipinski definition) is 0. The topological polar surface area (TPSA) is 22.9 Å². The largest absolute Gasteiger partial charge is 0.457 e. The van der Waals surface area contributed by atoms with Gasteiger partial charge in [-0.15, -0.1) is 0 Å². The smallest absolute Gasteiger partial charge is 0.408 e. The van der Waals surface area contributed by atoms with E-state index in [9.17, 15) is 0 Å². The lowest BCUT2D eigenvalue weighted by molar-refractivity contribution is 0.571. The lowest BCUT2D eigenvalue weighted by atomic mass is 9.69. The molecule has 0 radical (unpaired) electrons. The molecule has 2 aliphatic rings. The van der Waals surface area contributed by atoms with Gasteiger partial charge in [0, 0.05) is 27.9 Å². The van der Waals surface area contributed by atoms with E-state index >= 15 is 0 Å². The average molecular weight is 332 g/mol. The fraction of sp³-hybridized carbons (Fsp3) is 0.200. The second-order valence-corrected chi connectivity index (χ2v) is 6.65. The number of hydrogen-bond acceptors (Lipinski definition) is 4. The Morgan fingerprint density at radius 3 is 2.68 bits per heavy atom. The fourth-order valence-electron chi connectivity index (χ4n) is 3.93. The molecule has 0 spiro atoms. The van der Waals surface area contributed by atoms with Crippen LogP contribution >= 0.6 is 0 Å². The Labute approximate surface area is 151 Å². The molecule has 0 fully saturated rings. The number of para-hydroxylation sites is 3. The zero-order valence-electron chi connectivity index (χ0n) is 17.2. The van der Waals surface area contributed by atoms with Crippen molar-refractivity contribution in [1.29, 1.82) is 0 Å². The highest BCUT2D eigenvalue weighted by molar-refractivity contribution is 6.75. The van der Waals surface area contributed by atoms with Crippen molar-refractivity contribution in [3.8, 4) is 0 Å². The van der Waals surface area contributed by atoms with Crippen LogP contribution in [0.4, 0.5) is 11.4 Å². The minimum absolute atomic E-state index is 0.156. The minimum Gasteiger partial charge on any atom is -0.457 e. The Hall–Kier alpha value is -2.82. The molecule has 25 heavy (non-hydrogen) atoms. The third-order valence-electron chi connectivity index (χ3n) is 5.19. The van der Waals surface area contributed by atoms with Crippen LogP contribution in [0.3, 0.4) is 0 Å². The van der Waals surface area contributed by atoms with Crippen molar-refractivity contribution in [1.82, 2.24) is 4.81 Å². The van der Waals surface area contributed by atoms with Crippen molar-refractivity contribution in [3.05, 3.63) is 59.2 Å². The fourth-order valence-corrected chi connectivity index (χ4v) is 3.93. The first kappa shape index (κ1) is 11.7. The van der Waals surface area contributed by atoms with Crippen molar-refractivity contribution in [2.24, 2.45) is 0 Å². The minimum atomic E-state index is -2.22. The Bertz CT molecular complexity index is 1190. The molecule has 0 saturated carbocycles. The summed E-state index contributed by atoms with van der Waals surface area (Å²) < 4.78 is 30.1. The Kier molecular flexibility index (Phi) is 2.38. The van der Waals surface area contributed by atoms with Crippen molar-refractivity contribution in [2.75, 3.05) is 23.7 Å². The number of rotatable bonds is 1. The van der Waals surface area contributed by atoms with Crippen LogP contribution in [0.1, 0.15) is 11.0 Å². The molecule has 1 atom stereocenters. The van der Waals surface area contributed by atoms with Crippen LogP contribution in [-0.4, -0.2) is 32.0 Å². The van der Waals surface area contributed by atoms with Crippen LogP contribution in [0.5, 0.6) is 0 Å². The zero-order valence-corrected chi connectivity index (χ0v) is 14.2. The van der Waals surface area contributed by atoms with Crippen LogP contribution < -0.4 is 20.3 Å². The lowest BCUT2D eigenvalue weighted by Gasteiger charge is -2.36. The summed E-state index contributed by atoms with van der Waals surface area (Å²) in [6.07, 6.45) is 1.76. The Morgan fingerprint density at radius 2 is 1.84 bits per heavy atom. The van der Waals surface area contributed by atoms with Crippen LogP contribution in [0, 0.1) is 0 Å². The van der Waals surface area contributed by atoms with Gasteiger partial charge in [0.25, 0.3) is 0 Å². The molecule has 0 unspecified atom stereocenters. The molecule has 2 aliphatic heterocycles. The van der Waals surface area contributed by atoms with Crippen molar-refractivity contribution in [3.63, 3.8) is 0 Å². The molecule has 5 heteroatoms. The maximum atomic E-state index is 8.02. The van der Waals surface area contributed by atoms with Crippen molar-refractivity contribution < 1.29 is 8.53 Å². The third kappa shape index (κ3) is 1.95. The molecule has 0 saturated heterocycles. The molecular weight excluding hydrogens is 309 g/mol. The van der Waals surface area contributed by atoms with Gasteiger partial charge in [-0.1, -0.05) is 30.3 Å². The molecule has 4 nitrogen and oxygen atoms in total. The van der Waals surface area contributed by atoms with Gasteiger partial charge in [-0.05, 0) is 38.1 Å². The van der Waals surface area contributed by atoms with Crippen molar-refractivity contribution >= 4 is 41.5 Å². The quantitative estimate of drug-likeness (QED) is 0.638. The Morgan fingerprint density at radius 1 is 1.08 bits per heavy atom. The zero-order chi connectivity index (χ0) is 19.6. The monoisotopic (exact) mass is 332 g/mol. The molecule has 3 aromatic rings. The summed E-state index contributed by atoms with van der Waals surface area (Å²) in [7, 11) is 2.01. The van der Waals surface area contributed by atoms with Gasteiger partial charge in [-0.25, -0.2) is 0 Å².